The molecule has 33 heavy (non-hydrogen) atoms. The first-order valence-electron chi connectivity index (χ1n) is 10.4. The molecule has 0 aliphatic rings. The third kappa shape index (κ3) is 3.45. The Morgan fingerprint density at radius 2 is 1.82 bits per heavy atom. The number of anilines is 2. The summed E-state index contributed by atoms with van der Waals surface area (Å²) in [5.74, 6) is -0.799. The van der Waals surface area contributed by atoms with Crippen molar-refractivity contribution in [2.24, 2.45) is 5.73 Å². The molecule has 0 atom stereocenters. The number of amides is 2. The number of primary amides is 1. The first-order valence-corrected chi connectivity index (χ1v) is 10.4. The number of nitrogen functional groups attached to an aromatic ring is 1. The van der Waals surface area contributed by atoms with Crippen molar-refractivity contribution in [2.75, 3.05) is 11.1 Å². The van der Waals surface area contributed by atoms with Gasteiger partial charge in [-0.1, -0.05) is 30.3 Å². The molecule has 0 unspecified atom stereocenters. The lowest BCUT2D eigenvalue weighted by molar-refractivity contribution is 0.0998. The summed E-state index contributed by atoms with van der Waals surface area (Å²) in [6.07, 6.45) is 1.58. The summed E-state index contributed by atoms with van der Waals surface area (Å²) >= 11 is 0. The number of aromatic nitrogens is 2. The van der Waals surface area contributed by atoms with E-state index in [-0.39, 0.29) is 5.91 Å². The van der Waals surface area contributed by atoms with E-state index in [0.717, 1.165) is 33.0 Å². The molecule has 5 rings (SSSR count). The van der Waals surface area contributed by atoms with Gasteiger partial charge in [0.05, 0.1) is 11.1 Å². The second-order valence-corrected chi connectivity index (χ2v) is 7.85. The molecule has 0 saturated carbocycles. The Labute approximate surface area is 189 Å². The van der Waals surface area contributed by atoms with Gasteiger partial charge >= 0.3 is 0 Å². The first kappa shape index (κ1) is 20.3. The summed E-state index contributed by atoms with van der Waals surface area (Å²) in [6, 6.07) is 20.1. The van der Waals surface area contributed by atoms with E-state index in [1.807, 2.05) is 49.4 Å². The van der Waals surface area contributed by atoms with Crippen LogP contribution in [0.2, 0.25) is 0 Å². The first-order chi connectivity index (χ1) is 15.9. The van der Waals surface area contributed by atoms with E-state index in [2.05, 4.69) is 15.3 Å². The summed E-state index contributed by atoms with van der Waals surface area (Å²) in [4.78, 5) is 32.2. The highest BCUT2D eigenvalue weighted by Crippen LogP contribution is 2.39. The molecule has 162 valence electrons. The van der Waals surface area contributed by atoms with Crippen LogP contribution in [0.15, 0.2) is 72.9 Å². The van der Waals surface area contributed by atoms with E-state index < -0.39 is 5.91 Å². The molecule has 0 radical (unpaired) electrons. The highest BCUT2D eigenvalue weighted by molar-refractivity contribution is 6.20. The maximum absolute atomic E-state index is 12.7. The smallest absolute Gasteiger partial charge is 0.274 e. The molecular formula is C26H21N5O2. The van der Waals surface area contributed by atoms with E-state index >= 15 is 0 Å². The maximum atomic E-state index is 12.7. The topological polar surface area (TPSA) is 127 Å². The quantitative estimate of drug-likeness (QED) is 0.307. The molecule has 0 fully saturated rings. The van der Waals surface area contributed by atoms with E-state index in [1.165, 1.54) is 0 Å². The molecule has 2 heterocycles. The lowest BCUT2D eigenvalue weighted by Crippen LogP contribution is -2.14. The Balaban J connectivity index is 1.69. The molecule has 0 aliphatic carbocycles. The number of aromatic amines is 1. The Kier molecular flexibility index (Phi) is 4.79. The van der Waals surface area contributed by atoms with Crippen LogP contribution in [0.5, 0.6) is 0 Å². The van der Waals surface area contributed by atoms with Gasteiger partial charge in [0, 0.05) is 33.9 Å². The van der Waals surface area contributed by atoms with Crippen LogP contribution in [0.25, 0.3) is 32.9 Å². The molecule has 7 nitrogen and oxygen atoms in total. The van der Waals surface area contributed by atoms with Gasteiger partial charge in [-0.25, -0.2) is 0 Å². The number of benzene rings is 3. The summed E-state index contributed by atoms with van der Waals surface area (Å²) in [5, 5.41) is 4.76. The van der Waals surface area contributed by atoms with Gasteiger partial charge in [0.25, 0.3) is 11.8 Å². The summed E-state index contributed by atoms with van der Waals surface area (Å²) in [6.45, 7) is 1.95. The summed E-state index contributed by atoms with van der Waals surface area (Å²) in [5.41, 5.74) is 17.9. The average molecular weight is 435 g/mol. The Morgan fingerprint density at radius 3 is 2.58 bits per heavy atom. The van der Waals surface area contributed by atoms with Crippen LogP contribution < -0.4 is 16.8 Å². The summed E-state index contributed by atoms with van der Waals surface area (Å²) in [7, 11) is 0. The molecule has 0 spiro atoms. The van der Waals surface area contributed by atoms with Crippen molar-refractivity contribution in [1.82, 2.24) is 9.97 Å². The minimum atomic E-state index is -0.515. The molecule has 3 aromatic carbocycles. The van der Waals surface area contributed by atoms with E-state index in [0.29, 0.717) is 28.1 Å². The number of pyridine rings is 1. The third-order valence-corrected chi connectivity index (χ3v) is 5.81. The SMILES string of the molecule is Cc1c(NC(=O)c2ccccn2)cccc1-c1ccc(C(N)=O)c2[nH]c3cc(N)ccc3c12. The van der Waals surface area contributed by atoms with Crippen molar-refractivity contribution >= 4 is 45.0 Å². The van der Waals surface area contributed by atoms with Crippen molar-refractivity contribution in [1.29, 1.82) is 0 Å². The van der Waals surface area contributed by atoms with Crippen LogP contribution in [0, 0.1) is 6.92 Å². The number of nitrogens with zero attached hydrogens (tertiary/aromatic N) is 1. The molecule has 0 bridgehead atoms. The van der Waals surface area contributed by atoms with Crippen molar-refractivity contribution in [3.63, 3.8) is 0 Å². The van der Waals surface area contributed by atoms with E-state index in [9.17, 15) is 9.59 Å². The monoisotopic (exact) mass is 435 g/mol. The third-order valence-electron chi connectivity index (χ3n) is 5.81. The van der Waals surface area contributed by atoms with Gasteiger partial charge in [-0.15, -0.1) is 0 Å². The normalized spacial score (nSPS) is 11.1. The van der Waals surface area contributed by atoms with Gasteiger partial charge in [-0.2, -0.15) is 0 Å². The minimum absolute atomic E-state index is 0.285. The minimum Gasteiger partial charge on any atom is -0.399 e. The van der Waals surface area contributed by atoms with Crippen LogP contribution in [-0.2, 0) is 0 Å². The molecule has 0 saturated heterocycles. The summed E-state index contributed by atoms with van der Waals surface area (Å²) < 4.78 is 0. The second-order valence-electron chi connectivity index (χ2n) is 7.85. The largest absolute Gasteiger partial charge is 0.399 e. The molecule has 5 aromatic rings. The van der Waals surface area contributed by atoms with Crippen molar-refractivity contribution in [3.05, 3.63) is 89.7 Å². The highest BCUT2D eigenvalue weighted by atomic mass is 16.2. The lowest BCUT2D eigenvalue weighted by Gasteiger charge is -2.14. The van der Waals surface area contributed by atoms with Crippen LogP contribution in [-0.4, -0.2) is 21.8 Å². The molecule has 0 aliphatic heterocycles. The number of nitrogens with one attached hydrogen (secondary N) is 2. The van der Waals surface area contributed by atoms with Crippen molar-refractivity contribution in [3.8, 4) is 11.1 Å². The predicted molar refractivity (Wildman–Crippen MR) is 131 cm³/mol. The van der Waals surface area contributed by atoms with E-state index in [4.69, 9.17) is 11.5 Å². The zero-order valence-corrected chi connectivity index (χ0v) is 17.8. The van der Waals surface area contributed by atoms with E-state index in [1.54, 1.807) is 30.5 Å². The molecular weight excluding hydrogens is 414 g/mol. The fourth-order valence-corrected chi connectivity index (χ4v) is 4.21. The number of fused-ring (bicyclic) bond motifs is 3. The zero-order chi connectivity index (χ0) is 23.1. The van der Waals surface area contributed by atoms with Gasteiger partial charge in [-0.3, -0.25) is 14.6 Å². The fourth-order valence-electron chi connectivity index (χ4n) is 4.21. The predicted octanol–water partition coefficient (Wildman–Crippen LogP) is 4.62. The highest BCUT2D eigenvalue weighted by Gasteiger charge is 2.19. The van der Waals surface area contributed by atoms with Crippen LogP contribution in [0.4, 0.5) is 11.4 Å². The molecule has 2 aromatic heterocycles. The van der Waals surface area contributed by atoms with Gasteiger partial charge in [-0.05, 0) is 60.0 Å². The molecule has 2 amide bonds. The van der Waals surface area contributed by atoms with Gasteiger partial charge in [0.2, 0.25) is 0 Å². The second kappa shape index (κ2) is 7.80. The fraction of sp³-hybridized carbons (Fsp3) is 0.0385. The Morgan fingerprint density at radius 1 is 0.970 bits per heavy atom. The van der Waals surface area contributed by atoms with Crippen LogP contribution >= 0.6 is 0 Å². The van der Waals surface area contributed by atoms with Crippen molar-refractivity contribution in [2.45, 2.75) is 6.92 Å². The number of hydrogen-bond acceptors (Lipinski definition) is 4. The standard InChI is InChI=1S/C26H21N5O2/c1-14-16(5-4-7-20(14)31-26(33)21-6-2-3-12-29-21)17-10-11-19(25(28)32)24-23(17)18-9-8-15(27)13-22(18)30-24/h2-13,30H,27H2,1H3,(H2,28,32)(H,31,33). The average Bonchev–Trinajstić information content (AvgIpc) is 3.18. The molecule has 6 N–H and O–H groups in total. The lowest BCUT2D eigenvalue weighted by atomic mass is 9.93. The number of nitrogens with two attached hydrogens (primary N) is 2. The number of carbonyl (C=O) groups excluding carboxylic acids is 2. The number of H-pyrrole nitrogens is 1. The number of rotatable bonds is 4. The van der Waals surface area contributed by atoms with Crippen molar-refractivity contribution < 1.29 is 9.59 Å². The number of hydrogen-bond donors (Lipinski definition) is 4. The number of carbonyl (C=O) groups is 2. The Bertz CT molecular complexity index is 1550. The van der Waals surface area contributed by atoms with Gasteiger partial charge in [0.15, 0.2) is 0 Å². The zero-order valence-electron chi connectivity index (χ0n) is 17.8. The maximum Gasteiger partial charge on any atom is 0.274 e. The Hall–Kier alpha value is -4.65. The van der Waals surface area contributed by atoms with Gasteiger partial charge < -0.3 is 21.8 Å². The molecule has 7 heteroatoms. The van der Waals surface area contributed by atoms with Crippen LogP contribution in [0.1, 0.15) is 26.4 Å². The van der Waals surface area contributed by atoms with Gasteiger partial charge in [0.1, 0.15) is 5.69 Å². The van der Waals surface area contributed by atoms with Crippen LogP contribution in [0.3, 0.4) is 0 Å².